The summed E-state index contributed by atoms with van der Waals surface area (Å²) in [6.45, 7) is 1.22. The van der Waals surface area contributed by atoms with Crippen molar-refractivity contribution in [1.82, 2.24) is 29.3 Å². The molecule has 0 saturated carbocycles. The maximum absolute atomic E-state index is 13.8. The van der Waals surface area contributed by atoms with Gasteiger partial charge in [0.1, 0.15) is 11.5 Å². The van der Waals surface area contributed by atoms with Crippen LogP contribution < -0.4 is 0 Å². The lowest BCUT2D eigenvalue weighted by Crippen LogP contribution is -2.38. The van der Waals surface area contributed by atoms with E-state index in [1.165, 1.54) is 23.6 Å². The van der Waals surface area contributed by atoms with Crippen LogP contribution in [0.3, 0.4) is 0 Å². The van der Waals surface area contributed by atoms with Crippen LogP contribution in [0.4, 0.5) is 4.39 Å². The number of thiophene rings is 1. The van der Waals surface area contributed by atoms with E-state index in [4.69, 9.17) is 11.6 Å². The number of pyridine rings is 2. The number of fused-ring (bicyclic) bond motifs is 1. The third kappa shape index (κ3) is 4.11. The molecule has 1 fully saturated rings. The van der Waals surface area contributed by atoms with Crippen molar-refractivity contribution in [3.8, 4) is 21.8 Å². The SMILES string of the molecule is O=C(c1nn2ccccc2c1-c1ccc(Cl)s1)N1CCC[C@H]1Cn1ccc(-c2ccc(F)cn2)n1. The zero-order chi connectivity index (χ0) is 23.9. The number of hydrogen-bond donors (Lipinski definition) is 0. The molecule has 0 spiro atoms. The van der Waals surface area contributed by atoms with Crippen molar-refractivity contribution >= 4 is 34.4 Å². The van der Waals surface area contributed by atoms with Gasteiger partial charge in [-0.05, 0) is 55.3 Å². The Kier molecular flexibility index (Phi) is 5.58. The summed E-state index contributed by atoms with van der Waals surface area (Å²) in [6.07, 6.45) is 6.69. The molecule has 1 saturated heterocycles. The van der Waals surface area contributed by atoms with Gasteiger partial charge >= 0.3 is 0 Å². The van der Waals surface area contributed by atoms with E-state index in [0.717, 1.165) is 28.8 Å². The molecule has 6 rings (SSSR count). The fraction of sp³-hybridized carbons (Fsp3) is 0.200. The Morgan fingerprint density at radius 3 is 2.80 bits per heavy atom. The lowest BCUT2D eigenvalue weighted by atomic mass is 10.1. The summed E-state index contributed by atoms with van der Waals surface area (Å²) in [4.78, 5) is 20.7. The van der Waals surface area contributed by atoms with E-state index in [-0.39, 0.29) is 17.8 Å². The summed E-state index contributed by atoms with van der Waals surface area (Å²) >= 11 is 7.66. The molecular weight excluding hydrogens is 487 g/mol. The molecule has 1 aliphatic heterocycles. The molecule has 1 amide bonds. The molecule has 10 heteroatoms. The molecule has 0 aliphatic carbocycles. The quantitative estimate of drug-likeness (QED) is 0.319. The van der Waals surface area contributed by atoms with Crippen molar-refractivity contribution in [2.24, 2.45) is 0 Å². The van der Waals surface area contributed by atoms with E-state index >= 15 is 0 Å². The molecule has 0 aromatic carbocycles. The van der Waals surface area contributed by atoms with Crippen LogP contribution in [0.15, 0.2) is 67.1 Å². The highest BCUT2D eigenvalue weighted by molar-refractivity contribution is 7.19. The van der Waals surface area contributed by atoms with Crippen LogP contribution in [0.25, 0.3) is 27.3 Å². The standard InChI is InChI=1S/C25H20ClFN6OS/c26-22-9-8-21(35-22)23-20-5-1-2-12-33(20)30-24(23)25(34)32-11-3-4-17(32)15-31-13-10-19(29-31)18-7-6-16(27)14-28-18/h1-2,5-10,12-14,17H,3-4,11,15H2/t17-/m0/s1. The van der Waals surface area contributed by atoms with Gasteiger partial charge < -0.3 is 4.90 Å². The van der Waals surface area contributed by atoms with Crippen molar-refractivity contribution < 1.29 is 9.18 Å². The monoisotopic (exact) mass is 506 g/mol. The summed E-state index contributed by atoms with van der Waals surface area (Å²) in [5, 5.41) is 9.27. The maximum atomic E-state index is 13.8. The van der Waals surface area contributed by atoms with Crippen LogP contribution in [-0.4, -0.2) is 47.8 Å². The van der Waals surface area contributed by atoms with Gasteiger partial charge in [0.25, 0.3) is 5.91 Å². The number of amides is 1. The van der Waals surface area contributed by atoms with E-state index in [0.29, 0.717) is 34.5 Å². The second kappa shape index (κ2) is 8.90. The summed E-state index contributed by atoms with van der Waals surface area (Å²) in [6, 6.07) is 14.4. The van der Waals surface area contributed by atoms with Gasteiger partial charge in [-0.3, -0.25) is 14.5 Å². The number of carbonyl (C=O) groups is 1. The second-order valence-corrected chi connectivity index (χ2v) is 10.2. The van der Waals surface area contributed by atoms with E-state index in [2.05, 4.69) is 15.2 Å². The molecular formula is C25H20ClFN6OS. The van der Waals surface area contributed by atoms with Gasteiger partial charge in [-0.25, -0.2) is 8.91 Å². The van der Waals surface area contributed by atoms with Crippen molar-refractivity contribution in [2.75, 3.05) is 6.54 Å². The van der Waals surface area contributed by atoms with Crippen molar-refractivity contribution in [2.45, 2.75) is 25.4 Å². The summed E-state index contributed by atoms with van der Waals surface area (Å²) in [7, 11) is 0. The molecule has 35 heavy (non-hydrogen) atoms. The maximum Gasteiger partial charge on any atom is 0.275 e. The van der Waals surface area contributed by atoms with Crippen LogP contribution in [0.1, 0.15) is 23.3 Å². The molecule has 176 valence electrons. The second-order valence-electron chi connectivity index (χ2n) is 8.44. The number of rotatable bonds is 5. The zero-order valence-electron chi connectivity index (χ0n) is 18.5. The van der Waals surface area contributed by atoms with Crippen molar-refractivity contribution in [3.05, 3.63) is 83.0 Å². The van der Waals surface area contributed by atoms with E-state index in [9.17, 15) is 9.18 Å². The minimum Gasteiger partial charge on any atom is -0.332 e. The van der Waals surface area contributed by atoms with Crippen LogP contribution >= 0.6 is 22.9 Å². The van der Waals surface area contributed by atoms with Crippen LogP contribution in [0.5, 0.6) is 0 Å². The Morgan fingerprint density at radius 1 is 1.09 bits per heavy atom. The first-order valence-electron chi connectivity index (χ1n) is 11.3. The summed E-state index contributed by atoms with van der Waals surface area (Å²) in [5.74, 6) is -0.479. The Bertz CT molecular complexity index is 1520. The minimum absolute atomic E-state index is 0.0130. The van der Waals surface area contributed by atoms with Crippen LogP contribution in [0, 0.1) is 5.82 Å². The number of carbonyl (C=O) groups excluding carboxylic acids is 1. The molecule has 0 N–H and O–H groups in total. The fourth-order valence-electron chi connectivity index (χ4n) is 4.61. The Balaban J connectivity index is 1.29. The van der Waals surface area contributed by atoms with Crippen LogP contribution in [-0.2, 0) is 6.54 Å². The Labute approximate surface area is 209 Å². The normalized spacial score (nSPS) is 15.8. The van der Waals surface area contributed by atoms with E-state index in [1.54, 1.807) is 10.6 Å². The first kappa shape index (κ1) is 21.9. The molecule has 5 aromatic rings. The first-order valence-corrected chi connectivity index (χ1v) is 12.5. The lowest BCUT2D eigenvalue weighted by Gasteiger charge is -2.24. The highest BCUT2D eigenvalue weighted by Crippen LogP contribution is 2.37. The Hall–Kier alpha value is -3.56. The van der Waals surface area contributed by atoms with Gasteiger partial charge in [-0.2, -0.15) is 10.2 Å². The average Bonchev–Trinajstić information content (AvgIpc) is 3.65. The minimum atomic E-state index is -0.385. The molecule has 7 nitrogen and oxygen atoms in total. The van der Waals surface area contributed by atoms with Crippen molar-refractivity contribution in [3.63, 3.8) is 0 Å². The number of aromatic nitrogens is 5. The molecule has 0 unspecified atom stereocenters. The number of likely N-dealkylation sites (tertiary alicyclic amines) is 1. The lowest BCUT2D eigenvalue weighted by molar-refractivity contribution is 0.0716. The smallest absolute Gasteiger partial charge is 0.275 e. The number of halogens is 2. The van der Waals surface area contributed by atoms with E-state index < -0.39 is 0 Å². The molecule has 5 aromatic heterocycles. The zero-order valence-corrected chi connectivity index (χ0v) is 20.1. The highest BCUT2D eigenvalue weighted by Gasteiger charge is 2.33. The molecule has 1 atom stereocenters. The summed E-state index contributed by atoms with van der Waals surface area (Å²) < 4.78 is 17.4. The van der Waals surface area contributed by atoms with Crippen molar-refractivity contribution in [1.29, 1.82) is 0 Å². The highest BCUT2D eigenvalue weighted by atomic mass is 35.5. The van der Waals surface area contributed by atoms with Gasteiger partial charge in [-0.15, -0.1) is 11.3 Å². The van der Waals surface area contributed by atoms with Gasteiger partial charge in [0.15, 0.2) is 5.69 Å². The largest absolute Gasteiger partial charge is 0.332 e. The van der Waals surface area contributed by atoms with Gasteiger partial charge in [-0.1, -0.05) is 17.7 Å². The number of hydrogen-bond acceptors (Lipinski definition) is 5. The third-order valence-corrected chi connectivity index (χ3v) is 7.48. The predicted molar refractivity (Wildman–Crippen MR) is 133 cm³/mol. The molecule has 6 heterocycles. The fourth-order valence-corrected chi connectivity index (χ4v) is 5.71. The molecule has 1 aliphatic rings. The predicted octanol–water partition coefficient (Wildman–Crippen LogP) is 5.42. The topological polar surface area (TPSA) is 68.3 Å². The average molecular weight is 507 g/mol. The molecule has 0 bridgehead atoms. The first-order chi connectivity index (χ1) is 17.1. The van der Waals surface area contributed by atoms with E-state index in [1.807, 2.05) is 58.4 Å². The van der Waals surface area contributed by atoms with Gasteiger partial charge in [0.05, 0.1) is 39.9 Å². The van der Waals surface area contributed by atoms with Crippen LogP contribution in [0.2, 0.25) is 4.34 Å². The summed E-state index contributed by atoms with van der Waals surface area (Å²) in [5.41, 5.74) is 3.38. The molecule has 0 radical (unpaired) electrons. The van der Waals surface area contributed by atoms with Gasteiger partial charge in [0, 0.05) is 23.8 Å². The van der Waals surface area contributed by atoms with Gasteiger partial charge in [0.2, 0.25) is 0 Å². The Morgan fingerprint density at radius 2 is 2.00 bits per heavy atom. The third-order valence-electron chi connectivity index (χ3n) is 6.23. The number of nitrogens with zero attached hydrogens (tertiary/aromatic N) is 6.